The molecule has 1 amide bonds. The highest BCUT2D eigenvalue weighted by atomic mass is 35.5. The standard InChI is InChI=1S/C13H18N2O3.ClH/c1-18-10-4-5-12(16)11(7-10)13(17)15-6-2-3-9(14)8-15;/h4-5,7,9,16H,2-3,6,8,14H2,1H3;1H. The molecule has 3 N–H and O–H groups in total. The molecule has 2 rings (SSSR count). The summed E-state index contributed by atoms with van der Waals surface area (Å²) in [6, 6.07) is 4.66. The van der Waals surface area contributed by atoms with Crippen LogP contribution in [0.25, 0.3) is 0 Å². The van der Waals surface area contributed by atoms with Crippen LogP contribution in [-0.2, 0) is 0 Å². The van der Waals surface area contributed by atoms with E-state index in [1.54, 1.807) is 17.0 Å². The Hall–Kier alpha value is -1.46. The van der Waals surface area contributed by atoms with Crippen molar-refractivity contribution in [2.24, 2.45) is 5.73 Å². The van der Waals surface area contributed by atoms with Gasteiger partial charge < -0.3 is 20.5 Å². The third kappa shape index (κ3) is 3.52. The number of hydrogen-bond acceptors (Lipinski definition) is 4. The first-order chi connectivity index (χ1) is 8.61. The van der Waals surface area contributed by atoms with Gasteiger partial charge in [-0.1, -0.05) is 0 Å². The monoisotopic (exact) mass is 286 g/mol. The molecule has 0 radical (unpaired) electrons. The number of piperidine rings is 1. The Balaban J connectivity index is 0.00000180. The van der Waals surface area contributed by atoms with Gasteiger partial charge in [-0.25, -0.2) is 0 Å². The van der Waals surface area contributed by atoms with Gasteiger partial charge in [0, 0.05) is 19.1 Å². The minimum Gasteiger partial charge on any atom is -0.507 e. The van der Waals surface area contributed by atoms with Gasteiger partial charge in [0.15, 0.2) is 0 Å². The van der Waals surface area contributed by atoms with E-state index in [4.69, 9.17) is 10.5 Å². The number of methoxy groups -OCH3 is 1. The van der Waals surface area contributed by atoms with Crippen LogP contribution < -0.4 is 10.5 Å². The highest BCUT2D eigenvalue weighted by molar-refractivity contribution is 5.97. The highest BCUT2D eigenvalue weighted by Crippen LogP contribution is 2.25. The number of carbonyl (C=O) groups is 1. The molecule has 1 unspecified atom stereocenters. The molecule has 1 heterocycles. The summed E-state index contributed by atoms with van der Waals surface area (Å²) in [4.78, 5) is 14.0. The lowest BCUT2D eigenvalue weighted by molar-refractivity contribution is 0.0705. The summed E-state index contributed by atoms with van der Waals surface area (Å²) in [6.07, 6.45) is 1.84. The van der Waals surface area contributed by atoms with Crippen LogP contribution in [0.2, 0.25) is 0 Å². The second-order valence-electron chi connectivity index (χ2n) is 4.54. The summed E-state index contributed by atoms with van der Waals surface area (Å²) in [7, 11) is 1.53. The van der Waals surface area contributed by atoms with E-state index in [-0.39, 0.29) is 35.7 Å². The fraction of sp³-hybridized carbons (Fsp3) is 0.462. The average Bonchev–Trinajstić information content (AvgIpc) is 2.38. The minimum absolute atomic E-state index is 0. The van der Waals surface area contributed by atoms with Crippen LogP contribution in [-0.4, -0.2) is 42.2 Å². The fourth-order valence-corrected chi connectivity index (χ4v) is 2.18. The van der Waals surface area contributed by atoms with Crippen molar-refractivity contribution in [2.45, 2.75) is 18.9 Å². The van der Waals surface area contributed by atoms with Crippen molar-refractivity contribution in [3.05, 3.63) is 23.8 Å². The predicted octanol–water partition coefficient (Wildman–Crippen LogP) is 1.39. The van der Waals surface area contributed by atoms with Gasteiger partial charge in [-0.3, -0.25) is 4.79 Å². The molecule has 1 aliphatic heterocycles. The summed E-state index contributed by atoms with van der Waals surface area (Å²) in [5, 5.41) is 9.76. The Labute approximate surface area is 118 Å². The lowest BCUT2D eigenvalue weighted by Crippen LogP contribution is -2.45. The number of nitrogens with zero attached hydrogens (tertiary/aromatic N) is 1. The molecule has 1 aliphatic rings. The predicted molar refractivity (Wildman–Crippen MR) is 75.0 cm³/mol. The van der Waals surface area contributed by atoms with E-state index in [2.05, 4.69) is 0 Å². The minimum atomic E-state index is -0.193. The third-order valence-corrected chi connectivity index (χ3v) is 3.18. The second-order valence-corrected chi connectivity index (χ2v) is 4.54. The van der Waals surface area contributed by atoms with Gasteiger partial charge in [-0.05, 0) is 31.0 Å². The number of phenolic OH excluding ortho intramolecular Hbond substituents is 1. The summed E-state index contributed by atoms with van der Waals surface area (Å²) < 4.78 is 5.06. The Kier molecular flexibility index (Phi) is 5.44. The van der Waals surface area contributed by atoms with E-state index in [0.717, 1.165) is 12.8 Å². The molecule has 1 aromatic rings. The Morgan fingerprint density at radius 1 is 1.53 bits per heavy atom. The molecule has 0 aromatic heterocycles. The number of ether oxygens (including phenoxy) is 1. The number of amides is 1. The quantitative estimate of drug-likeness (QED) is 0.861. The number of aromatic hydroxyl groups is 1. The van der Waals surface area contributed by atoms with Gasteiger partial charge in [0.25, 0.3) is 5.91 Å². The molecule has 1 atom stereocenters. The lowest BCUT2D eigenvalue weighted by Gasteiger charge is -2.31. The number of hydrogen-bond donors (Lipinski definition) is 2. The van der Waals surface area contributed by atoms with Crippen LogP contribution in [0.5, 0.6) is 11.5 Å². The number of likely N-dealkylation sites (tertiary alicyclic amines) is 1. The molecule has 0 spiro atoms. The molecule has 6 heteroatoms. The Morgan fingerprint density at radius 2 is 2.26 bits per heavy atom. The van der Waals surface area contributed by atoms with Gasteiger partial charge in [-0.15, -0.1) is 12.4 Å². The maximum absolute atomic E-state index is 12.3. The molecular weight excluding hydrogens is 268 g/mol. The van der Waals surface area contributed by atoms with Crippen LogP contribution in [0.4, 0.5) is 0 Å². The molecule has 0 saturated carbocycles. The summed E-state index contributed by atoms with van der Waals surface area (Å²) in [5.74, 6) is 0.332. The van der Waals surface area contributed by atoms with Crippen LogP contribution in [0.1, 0.15) is 23.2 Å². The van der Waals surface area contributed by atoms with Crippen LogP contribution >= 0.6 is 12.4 Å². The van der Waals surface area contributed by atoms with Gasteiger partial charge in [0.1, 0.15) is 11.5 Å². The molecule has 1 fully saturated rings. The van der Waals surface area contributed by atoms with Crippen LogP contribution in [0.3, 0.4) is 0 Å². The first-order valence-corrected chi connectivity index (χ1v) is 6.03. The Bertz CT molecular complexity index is 454. The van der Waals surface area contributed by atoms with Crippen molar-refractivity contribution in [1.29, 1.82) is 0 Å². The number of halogens is 1. The van der Waals surface area contributed by atoms with Crippen molar-refractivity contribution in [2.75, 3.05) is 20.2 Å². The zero-order valence-corrected chi connectivity index (χ0v) is 11.7. The van der Waals surface area contributed by atoms with Crippen molar-refractivity contribution in [1.82, 2.24) is 4.90 Å². The molecule has 0 aliphatic carbocycles. The molecule has 106 valence electrons. The third-order valence-electron chi connectivity index (χ3n) is 3.18. The SMILES string of the molecule is COc1ccc(O)c(C(=O)N2CCCC(N)C2)c1.Cl. The normalized spacial score (nSPS) is 18.6. The van der Waals surface area contributed by atoms with E-state index in [1.165, 1.54) is 13.2 Å². The summed E-state index contributed by atoms with van der Waals surface area (Å²) in [5.41, 5.74) is 6.12. The van der Waals surface area contributed by atoms with Crippen molar-refractivity contribution >= 4 is 18.3 Å². The second kappa shape index (κ2) is 6.63. The maximum Gasteiger partial charge on any atom is 0.257 e. The molecular formula is C13H19ClN2O3. The van der Waals surface area contributed by atoms with Crippen LogP contribution in [0, 0.1) is 0 Å². The van der Waals surface area contributed by atoms with Gasteiger partial charge in [0.2, 0.25) is 0 Å². The van der Waals surface area contributed by atoms with Crippen LogP contribution in [0.15, 0.2) is 18.2 Å². The number of benzene rings is 1. The van der Waals surface area contributed by atoms with Crippen molar-refractivity contribution < 1.29 is 14.6 Å². The molecule has 19 heavy (non-hydrogen) atoms. The number of rotatable bonds is 2. The summed E-state index contributed by atoms with van der Waals surface area (Å²) >= 11 is 0. The lowest BCUT2D eigenvalue weighted by atomic mass is 10.0. The van der Waals surface area contributed by atoms with E-state index in [1.807, 2.05) is 0 Å². The maximum atomic E-state index is 12.3. The largest absolute Gasteiger partial charge is 0.507 e. The number of phenols is 1. The van der Waals surface area contributed by atoms with Gasteiger partial charge in [0.05, 0.1) is 12.7 Å². The van der Waals surface area contributed by atoms with Gasteiger partial charge >= 0.3 is 0 Å². The van der Waals surface area contributed by atoms with Crippen molar-refractivity contribution in [3.63, 3.8) is 0 Å². The average molecular weight is 287 g/mol. The van der Waals surface area contributed by atoms with E-state index < -0.39 is 0 Å². The number of carbonyl (C=O) groups excluding carboxylic acids is 1. The first-order valence-electron chi connectivity index (χ1n) is 6.03. The zero-order valence-electron chi connectivity index (χ0n) is 10.8. The van der Waals surface area contributed by atoms with E-state index >= 15 is 0 Å². The first kappa shape index (κ1) is 15.6. The summed E-state index contributed by atoms with van der Waals surface area (Å²) in [6.45, 7) is 1.22. The zero-order chi connectivity index (χ0) is 13.1. The fourth-order valence-electron chi connectivity index (χ4n) is 2.18. The smallest absolute Gasteiger partial charge is 0.257 e. The molecule has 1 saturated heterocycles. The highest BCUT2D eigenvalue weighted by Gasteiger charge is 2.24. The van der Waals surface area contributed by atoms with E-state index in [9.17, 15) is 9.90 Å². The van der Waals surface area contributed by atoms with Crippen molar-refractivity contribution in [3.8, 4) is 11.5 Å². The topological polar surface area (TPSA) is 75.8 Å². The van der Waals surface area contributed by atoms with E-state index in [0.29, 0.717) is 18.8 Å². The number of nitrogens with two attached hydrogens (primary N) is 1. The molecule has 5 nitrogen and oxygen atoms in total. The molecule has 0 bridgehead atoms. The van der Waals surface area contributed by atoms with Gasteiger partial charge in [-0.2, -0.15) is 0 Å². The molecule has 1 aromatic carbocycles. The Morgan fingerprint density at radius 3 is 2.89 bits per heavy atom.